The van der Waals surface area contributed by atoms with Gasteiger partial charge in [-0.2, -0.15) is 5.10 Å². The average Bonchev–Trinajstić information content (AvgIpc) is 2.93. The van der Waals surface area contributed by atoms with Crippen LogP contribution in [-0.4, -0.2) is 33.2 Å². The van der Waals surface area contributed by atoms with Crippen molar-refractivity contribution in [3.8, 4) is 0 Å². The Bertz CT molecular complexity index is 690. The quantitative estimate of drug-likeness (QED) is 0.662. The molecule has 0 atom stereocenters. The van der Waals surface area contributed by atoms with Gasteiger partial charge < -0.3 is 10.6 Å². The number of nitrogens with two attached hydrogens (primary N) is 1. The highest BCUT2D eigenvalue weighted by atomic mass is 16.6. The van der Waals surface area contributed by atoms with Crippen LogP contribution >= 0.6 is 0 Å². The summed E-state index contributed by atoms with van der Waals surface area (Å²) in [4.78, 5) is 16.8. The Morgan fingerprint density at radius 1 is 1.41 bits per heavy atom. The summed E-state index contributed by atoms with van der Waals surface area (Å²) in [6.07, 6.45) is 3.28. The summed E-state index contributed by atoms with van der Waals surface area (Å²) >= 11 is 0. The molecule has 0 aliphatic carbocycles. The van der Waals surface area contributed by atoms with E-state index in [9.17, 15) is 10.1 Å². The molecular weight excluding hydrogens is 284 g/mol. The normalized spacial score (nSPS) is 16.0. The Hall–Kier alpha value is -2.64. The largest absolute Gasteiger partial charge is 0.382 e. The van der Waals surface area contributed by atoms with Gasteiger partial charge in [0.2, 0.25) is 0 Å². The number of nitro groups is 1. The number of nitrogen functional groups attached to an aromatic ring is 1. The van der Waals surface area contributed by atoms with E-state index in [0.29, 0.717) is 17.3 Å². The molecule has 1 saturated heterocycles. The molecule has 1 fully saturated rings. The van der Waals surface area contributed by atoms with Crippen LogP contribution < -0.4 is 10.6 Å². The van der Waals surface area contributed by atoms with E-state index in [1.807, 2.05) is 6.07 Å². The van der Waals surface area contributed by atoms with Crippen molar-refractivity contribution in [1.29, 1.82) is 0 Å². The van der Waals surface area contributed by atoms with Crippen LogP contribution in [0.25, 0.3) is 0 Å². The van der Waals surface area contributed by atoms with Gasteiger partial charge in [0.15, 0.2) is 0 Å². The zero-order valence-corrected chi connectivity index (χ0v) is 12.3. The Kier molecular flexibility index (Phi) is 3.66. The highest BCUT2D eigenvalue weighted by Crippen LogP contribution is 2.30. The van der Waals surface area contributed by atoms with Gasteiger partial charge in [-0.05, 0) is 25.8 Å². The number of H-pyrrole nitrogens is 1. The summed E-state index contributed by atoms with van der Waals surface area (Å²) in [7, 11) is 0. The number of hydrogen-bond acceptors (Lipinski definition) is 6. The molecule has 1 aliphatic heterocycles. The standard InChI is InChI=1S/C14H18N6O2/c1-9-6-14(16-8-12(9)20(21)22)19-4-2-10(3-5-19)11-7-13(15)18-17-11/h6-8,10H,2-5H2,1H3,(H3,15,17,18). The molecule has 0 bridgehead atoms. The SMILES string of the molecule is Cc1cc(N2CCC(c3cc(N)n[nH]3)CC2)ncc1[N+](=O)[O-]. The Balaban J connectivity index is 1.68. The average molecular weight is 302 g/mol. The molecule has 0 amide bonds. The highest BCUT2D eigenvalue weighted by molar-refractivity contribution is 5.49. The van der Waals surface area contributed by atoms with Gasteiger partial charge in [0.05, 0.1) is 4.92 Å². The van der Waals surface area contributed by atoms with Gasteiger partial charge in [0.25, 0.3) is 5.69 Å². The minimum absolute atomic E-state index is 0.0616. The van der Waals surface area contributed by atoms with E-state index >= 15 is 0 Å². The molecule has 2 aromatic rings. The fourth-order valence-electron chi connectivity index (χ4n) is 2.88. The van der Waals surface area contributed by atoms with Crippen molar-refractivity contribution in [1.82, 2.24) is 15.2 Å². The summed E-state index contributed by atoms with van der Waals surface area (Å²) in [5.41, 5.74) is 7.41. The van der Waals surface area contributed by atoms with Gasteiger partial charge >= 0.3 is 0 Å². The van der Waals surface area contributed by atoms with Gasteiger partial charge in [-0.1, -0.05) is 0 Å². The molecule has 8 nitrogen and oxygen atoms in total. The fraction of sp³-hybridized carbons (Fsp3) is 0.429. The van der Waals surface area contributed by atoms with Gasteiger partial charge in [0.1, 0.15) is 17.8 Å². The summed E-state index contributed by atoms with van der Waals surface area (Å²) in [5.74, 6) is 1.73. The zero-order valence-electron chi connectivity index (χ0n) is 12.3. The maximum Gasteiger partial charge on any atom is 0.290 e. The molecule has 0 aromatic carbocycles. The third kappa shape index (κ3) is 2.72. The van der Waals surface area contributed by atoms with E-state index in [1.165, 1.54) is 6.20 Å². The van der Waals surface area contributed by atoms with Crippen LogP contribution in [0, 0.1) is 17.0 Å². The molecule has 3 N–H and O–H groups in total. The van der Waals surface area contributed by atoms with E-state index in [-0.39, 0.29) is 5.69 Å². The van der Waals surface area contributed by atoms with Crippen molar-refractivity contribution < 1.29 is 4.92 Å². The third-order valence-electron chi connectivity index (χ3n) is 4.14. The van der Waals surface area contributed by atoms with Gasteiger partial charge in [-0.3, -0.25) is 15.2 Å². The summed E-state index contributed by atoms with van der Waals surface area (Å²) < 4.78 is 0. The second kappa shape index (κ2) is 5.63. The monoisotopic (exact) mass is 302 g/mol. The maximum atomic E-state index is 10.8. The summed E-state index contributed by atoms with van der Waals surface area (Å²) in [5, 5.41) is 17.8. The first kappa shape index (κ1) is 14.3. The van der Waals surface area contributed by atoms with Gasteiger partial charge in [-0.15, -0.1) is 0 Å². The van der Waals surface area contributed by atoms with E-state index < -0.39 is 4.92 Å². The smallest absolute Gasteiger partial charge is 0.290 e. The Morgan fingerprint density at radius 3 is 2.68 bits per heavy atom. The lowest BCUT2D eigenvalue weighted by atomic mass is 9.93. The van der Waals surface area contributed by atoms with E-state index in [2.05, 4.69) is 20.1 Å². The summed E-state index contributed by atoms with van der Waals surface area (Å²) in [6.45, 7) is 3.45. The van der Waals surface area contributed by atoms with E-state index in [0.717, 1.165) is 37.4 Å². The summed E-state index contributed by atoms with van der Waals surface area (Å²) in [6, 6.07) is 3.67. The van der Waals surface area contributed by atoms with Crippen LogP contribution in [0.3, 0.4) is 0 Å². The number of piperidine rings is 1. The minimum atomic E-state index is -0.402. The lowest BCUT2D eigenvalue weighted by molar-refractivity contribution is -0.385. The van der Waals surface area contributed by atoms with Crippen LogP contribution in [0.4, 0.5) is 17.3 Å². The molecule has 3 heterocycles. The maximum absolute atomic E-state index is 10.8. The zero-order chi connectivity index (χ0) is 15.7. The van der Waals surface area contributed by atoms with Gasteiger partial charge in [0, 0.05) is 36.3 Å². The van der Waals surface area contributed by atoms with E-state index in [4.69, 9.17) is 5.73 Å². The van der Waals surface area contributed by atoms with Gasteiger partial charge in [-0.25, -0.2) is 4.98 Å². The number of nitrogens with zero attached hydrogens (tertiary/aromatic N) is 4. The number of hydrogen-bond donors (Lipinski definition) is 2. The van der Waals surface area contributed by atoms with Crippen molar-refractivity contribution >= 4 is 17.3 Å². The van der Waals surface area contributed by atoms with Crippen molar-refractivity contribution in [3.05, 3.63) is 39.7 Å². The molecule has 0 radical (unpaired) electrons. The Morgan fingerprint density at radius 2 is 2.14 bits per heavy atom. The number of rotatable bonds is 3. The number of nitrogens with one attached hydrogen (secondary N) is 1. The number of aryl methyl sites for hydroxylation is 1. The van der Waals surface area contributed by atoms with Crippen LogP contribution in [0.1, 0.15) is 30.0 Å². The number of pyridine rings is 1. The lowest BCUT2D eigenvalue weighted by Gasteiger charge is -2.32. The molecule has 0 spiro atoms. The molecule has 3 rings (SSSR count). The second-order valence-electron chi connectivity index (χ2n) is 5.60. The second-order valence-corrected chi connectivity index (χ2v) is 5.60. The molecule has 1 aliphatic rings. The van der Waals surface area contributed by atoms with Crippen LogP contribution in [0.5, 0.6) is 0 Å². The third-order valence-corrected chi connectivity index (χ3v) is 4.14. The number of aromatic amines is 1. The molecule has 0 unspecified atom stereocenters. The van der Waals surface area contributed by atoms with Crippen molar-refractivity contribution in [3.63, 3.8) is 0 Å². The predicted molar refractivity (Wildman–Crippen MR) is 82.8 cm³/mol. The molecule has 2 aromatic heterocycles. The van der Waals surface area contributed by atoms with Crippen LogP contribution in [-0.2, 0) is 0 Å². The first-order chi connectivity index (χ1) is 10.5. The molecule has 8 heteroatoms. The topological polar surface area (TPSA) is 114 Å². The van der Waals surface area contributed by atoms with Crippen molar-refractivity contribution in [2.45, 2.75) is 25.7 Å². The molecule has 0 saturated carbocycles. The lowest BCUT2D eigenvalue weighted by Crippen LogP contribution is -2.33. The van der Waals surface area contributed by atoms with Crippen LogP contribution in [0.2, 0.25) is 0 Å². The van der Waals surface area contributed by atoms with Crippen molar-refractivity contribution in [2.24, 2.45) is 0 Å². The minimum Gasteiger partial charge on any atom is -0.382 e. The molecule has 116 valence electrons. The van der Waals surface area contributed by atoms with Crippen molar-refractivity contribution in [2.75, 3.05) is 23.7 Å². The number of anilines is 2. The molecular formula is C14H18N6O2. The first-order valence-corrected chi connectivity index (χ1v) is 7.21. The predicted octanol–water partition coefficient (Wildman–Crippen LogP) is 1.99. The number of aromatic nitrogens is 3. The highest BCUT2D eigenvalue weighted by Gasteiger charge is 2.23. The van der Waals surface area contributed by atoms with E-state index in [1.54, 1.807) is 13.0 Å². The molecule has 22 heavy (non-hydrogen) atoms. The van der Waals surface area contributed by atoms with Crippen LogP contribution in [0.15, 0.2) is 18.3 Å². The Labute approximate surface area is 127 Å². The first-order valence-electron chi connectivity index (χ1n) is 7.21. The fourth-order valence-corrected chi connectivity index (χ4v) is 2.88.